The molecule has 0 aromatic heterocycles. The van der Waals surface area contributed by atoms with Gasteiger partial charge >= 0.3 is 5.97 Å². The second kappa shape index (κ2) is 6.00. The van der Waals surface area contributed by atoms with Crippen LogP contribution in [0.25, 0.3) is 0 Å². The Kier molecular flexibility index (Phi) is 4.64. The minimum atomic E-state index is -0.224. The molecule has 0 saturated carbocycles. The van der Waals surface area contributed by atoms with Gasteiger partial charge in [0, 0.05) is 12.5 Å². The summed E-state index contributed by atoms with van der Waals surface area (Å²) in [5, 5.41) is 9.26. The summed E-state index contributed by atoms with van der Waals surface area (Å²) in [4.78, 5) is 11.2. The number of rotatable bonds is 5. The zero-order valence-corrected chi connectivity index (χ0v) is 9.53. The third-order valence-electron chi connectivity index (χ3n) is 2.17. The van der Waals surface area contributed by atoms with Crippen LogP contribution in [-0.4, -0.2) is 24.8 Å². The van der Waals surface area contributed by atoms with Crippen LogP contribution in [-0.2, 0) is 16.0 Å². The van der Waals surface area contributed by atoms with Gasteiger partial charge < -0.3 is 14.6 Å². The lowest BCUT2D eigenvalue weighted by molar-refractivity contribution is -0.143. The predicted molar refractivity (Wildman–Crippen MR) is 59.6 cm³/mol. The molecule has 1 N–H and O–H groups in total. The molecule has 1 aromatic rings. The summed E-state index contributed by atoms with van der Waals surface area (Å²) in [6.07, 6.45) is 0.858. The summed E-state index contributed by atoms with van der Waals surface area (Å²) < 4.78 is 9.94. The Hall–Kier alpha value is -1.71. The van der Waals surface area contributed by atoms with Crippen molar-refractivity contribution < 1.29 is 19.4 Å². The van der Waals surface area contributed by atoms with E-state index in [4.69, 9.17) is 9.47 Å². The van der Waals surface area contributed by atoms with Crippen molar-refractivity contribution in [2.75, 3.05) is 13.7 Å². The number of phenols is 1. The fourth-order valence-corrected chi connectivity index (χ4v) is 1.41. The lowest BCUT2D eigenvalue weighted by atomic mass is 10.1. The van der Waals surface area contributed by atoms with Crippen molar-refractivity contribution in [2.45, 2.75) is 19.8 Å². The van der Waals surface area contributed by atoms with Gasteiger partial charge in [-0.3, -0.25) is 4.79 Å². The SMILES string of the molecule is CCOC(=O)CCc1ccc(O)cc1OC. The third-order valence-corrected chi connectivity index (χ3v) is 2.17. The van der Waals surface area contributed by atoms with E-state index >= 15 is 0 Å². The normalized spacial score (nSPS) is 9.88. The zero-order valence-electron chi connectivity index (χ0n) is 9.53. The average Bonchev–Trinajstić information content (AvgIpc) is 2.27. The predicted octanol–water partition coefficient (Wildman–Crippen LogP) is 1.90. The van der Waals surface area contributed by atoms with E-state index in [1.807, 2.05) is 0 Å². The fraction of sp³-hybridized carbons (Fsp3) is 0.417. The molecule has 4 heteroatoms. The molecule has 0 aliphatic carbocycles. The van der Waals surface area contributed by atoms with Crippen LogP contribution in [0, 0.1) is 0 Å². The van der Waals surface area contributed by atoms with Crippen molar-refractivity contribution in [3.05, 3.63) is 23.8 Å². The molecule has 4 nitrogen and oxygen atoms in total. The topological polar surface area (TPSA) is 55.8 Å². The van der Waals surface area contributed by atoms with E-state index in [1.165, 1.54) is 13.2 Å². The summed E-state index contributed by atoms with van der Waals surface area (Å²) in [7, 11) is 1.53. The molecule has 16 heavy (non-hydrogen) atoms. The van der Waals surface area contributed by atoms with Gasteiger partial charge in [0.05, 0.1) is 13.7 Å². The minimum Gasteiger partial charge on any atom is -0.508 e. The van der Waals surface area contributed by atoms with Crippen LogP contribution in [0.15, 0.2) is 18.2 Å². The summed E-state index contributed by atoms with van der Waals surface area (Å²) in [6, 6.07) is 4.84. The molecule has 0 fully saturated rings. The van der Waals surface area contributed by atoms with E-state index in [9.17, 15) is 9.90 Å². The molecular weight excluding hydrogens is 208 g/mol. The van der Waals surface area contributed by atoms with Crippen LogP contribution in [0.5, 0.6) is 11.5 Å². The van der Waals surface area contributed by atoms with Crippen molar-refractivity contribution >= 4 is 5.97 Å². The van der Waals surface area contributed by atoms with Gasteiger partial charge in [-0.15, -0.1) is 0 Å². The number of ether oxygens (including phenoxy) is 2. The van der Waals surface area contributed by atoms with Gasteiger partial charge in [0.25, 0.3) is 0 Å². The molecule has 0 aliphatic rings. The van der Waals surface area contributed by atoms with Crippen molar-refractivity contribution in [3.8, 4) is 11.5 Å². The Morgan fingerprint density at radius 1 is 1.44 bits per heavy atom. The van der Waals surface area contributed by atoms with Crippen LogP contribution >= 0.6 is 0 Å². The van der Waals surface area contributed by atoms with Crippen molar-refractivity contribution in [3.63, 3.8) is 0 Å². The number of phenolic OH excluding ortho intramolecular Hbond substituents is 1. The molecule has 0 radical (unpaired) electrons. The zero-order chi connectivity index (χ0) is 12.0. The standard InChI is InChI=1S/C12H16O4/c1-3-16-12(14)7-5-9-4-6-10(13)8-11(9)15-2/h4,6,8,13H,3,5,7H2,1-2H3. The second-order valence-corrected chi connectivity index (χ2v) is 3.30. The molecule has 0 amide bonds. The first kappa shape index (κ1) is 12.4. The molecule has 88 valence electrons. The molecule has 0 heterocycles. The smallest absolute Gasteiger partial charge is 0.306 e. The van der Waals surface area contributed by atoms with Crippen molar-refractivity contribution in [1.82, 2.24) is 0 Å². The third kappa shape index (κ3) is 3.46. The number of aromatic hydroxyl groups is 1. The average molecular weight is 224 g/mol. The summed E-state index contributed by atoms with van der Waals surface area (Å²) in [6.45, 7) is 2.17. The summed E-state index contributed by atoms with van der Waals surface area (Å²) in [5.41, 5.74) is 0.883. The highest BCUT2D eigenvalue weighted by atomic mass is 16.5. The molecule has 0 aliphatic heterocycles. The van der Waals surface area contributed by atoms with Gasteiger partial charge in [-0.25, -0.2) is 0 Å². The number of carbonyl (C=O) groups is 1. The number of benzene rings is 1. The first-order valence-electron chi connectivity index (χ1n) is 5.19. The van der Waals surface area contributed by atoms with E-state index < -0.39 is 0 Å². The van der Waals surface area contributed by atoms with Crippen LogP contribution in [0.2, 0.25) is 0 Å². The van der Waals surface area contributed by atoms with Crippen LogP contribution in [0.3, 0.4) is 0 Å². The van der Waals surface area contributed by atoms with Gasteiger partial charge in [0.1, 0.15) is 11.5 Å². The number of esters is 1. The molecule has 0 atom stereocenters. The van der Waals surface area contributed by atoms with Crippen LogP contribution in [0.1, 0.15) is 18.9 Å². The largest absolute Gasteiger partial charge is 0.508 e. The first-order valence-corrected chi connectivity index (χ1v) is 5.19. The van der Waals surface area contributed by atoms with Crippen LogP contribution < -0.4 is 4.74 Å². The van der Waals surface area contributed by atoms with Gasteiger partial charge in [-0.05, 0) is 25.0 Å². The van der Waals surface area contributed by atoms with Gasteiger partial charge in [-0.2, -0.15) is 0 Å². The molecule has 1 rings (SSSR count). The highest BCUT2D eigenvalue weighted by Gasteiger charge is 2.07. The van der Waals surface area contributed by atoms with E-state index in [0.29, 0.717) is 25.2 Å². The maximum absolute atomic E-state index is 11.2. The van der Waals surface area contributed by atoms with E-state index in [0.717, 1.165) is 5.56 Å². The fourth-order valence-electron chi connectivity index (χ4n) is 1.41. The minimum absolute atomic E-state index is 0.150. The highest BCUT2D eigenvalue weighted by molar-refractivity contribution is 5.69. The number of aryl methyl sites for hydroxylation is 1. The molecule has 0 spiro atoms. The summed E-state index contributed by atoms with van der Waals surface area (Å²) in [5.74, 6) is 0.513. The maximum atomic E-state index is 11.2. The Morgan fingerprint density at radius 2 is 2.19 bits per heavy atom. The maximum Gasteiger partial charge on any atom is 0.306 e. The number of hydrogen-bond donors (Lipinski definition) is 1. The van der Waals surface area contributed by atoms with Gasteiger partial charge in [0.2, 0.25) is 0 Å². The Balaban J connectivity index is 2.63. The number of carbonyl (C=O) groups excluding carboxylic acids is 1. The van der Waals surface area contributed by atoms with Gasteiger partial charge in [0.15, 0.2) is 0 Å². The number of hydrogen-bond acceptors (Lipinski definition) is 4. The molecule has 0 unspecified atom stereocenters. The molecular formula is C12H16O4. The molecule has 0 bridgehead atoms. The summed E-state index contributed by atoms with van der Waals surface area (Å²) >= 11 is 0. The van der Waals surface area contributed by atoms with E-state index in [1.54, 1.807) is 19.1 Å². The van der Waals surface area contributed by atoms with Crippen molar-refractivity contribution in [2.24, 2.45) is 0 Å². The monoisotopic (exact) mass is 224 g/mol. The Labute approximate surface area is 94.8 Å². The quantitative estimate of drug-likeness (QED) is 0.776. The van der Waals surface area contributed by atoms with Crippen molar-refractivity contribution in [1.29, 1.82) is 0 Å². The number of methoxy groups -OCH3 is 1. The Morgan fingerprint density at radius 3 is 2.81 bits per heavy atom. The lowest BCUT2D eigenvalue weighted by Crippen LogP contribution is -2.05. The van der Waals surface area contributed by atoms with Gasteiger partial charge in [-0.1, -0.05) is 6.07 Å². The molecule has 1 aromatic carbocycles. The molecule has 0 saturated heterocycles. The van der Waals surface area contributed by atoms with E-state index in [-0.39, 0.29) is 11.7 Å². The Bertz CT molecular complexity index is 360. The van der Waals surface area contributed by atoms with E-state index in [2.05, 4.69) is 0 Å². The lowest BCUT2D eigenvalue weighted by Gasteiger charge is -2.08. The van der Waals surface area contributed by atoms with Crippen LogP contribution in [0.4, 0.5) is 0 Å². The second-order valence-electron chi connectivity index (χ2n) is 3.30. The highest BCUT2D eigenvalue weighted by Crippen LogP contribution is 2.24. The first-order chi connectivity index (χ1) is 7.67.